The molecule has 0 radical (unpaired) electrons. The number of ether oxygens (including phenoxy) is 1. The second-order valence-corrected chi connectivity index (χ2v) is 7.63. The lowest BCUT2D eigenvalue weighted by molar-refractivity contribution is 0.0521. The molecule has 2 aliphatic rings. The first-order valence-electron chi connectivity index (χ1n) is 9.94. The molecule has 140 valence electrons. The first-order chi connectivity index (χ1) is 11.6. The fraction of sp³-hybridized carbons (Fsp3) is 0.947. The van der Waals surface area contributed by atoms with E-state index in [1.807, 2.05) is 0 Å². The minimum absolute atomic E-state index is 0.307. The minimum atomic E-state index is -0.545. The zero-order chi connectivity index (χ0) is 17.3. The van der Waals surface area contributed by atoms with Gasteiger partial charge in [0.25, 0.3) is 0 Å². The van der Waals surface area contributed by atoms with Crippen molar-refractivity contribution in [2.24, 2.45) is 10.4 Å². The number of rotatable bonds is 9. The molecule has 5 nitrogen and oxygen atoms in total. The van der Waals surface area contributed by atoms with Gasteiger partial charge in [0.2, 0.25) is 0 Å². The van der Waals surface area contributed by atoms with Crippen molar-refractivity contribution in [3.63, 3.8) is 0 Å². The van der Waals surface area contributed by atoms with Crippen LogP contribution in [0.1, 0.15) is 71.6 Å². The molecular formula is C19H37N3O2. The summed E-state index contributed by atoms with van der Waals surface area (Å²) in [4.78, 5) is 4.87. The monoisotopic (exact) mass is 339 g/mol. The first kappa shape index (κ1) is 19.5. The Hall–Kier alpha value is -0.810. The van der Waals surface area contributed by atoms with Gasteiger partial charge in [0.15, 0.2) is 5.96 Å². The van der Waals surface area contributed by atoms with Gasteiger partial charge < -0.3 is 20.5 Å². The molecule has 0 amide bonds. The van der Waals surface area contributed by atoms with Crippen molar-refractivity contribution >= 4 is 5.96 Å². The average Bonchev–Trinajstić information content (AvgIpc) is 3.21. The van der Waals surface area contributed by atoms with Gasteiger partial charge >= 0.3 is 0 Å². The lowest BCUT2D eigenvalue weighted by atomic mass is 9.83. The van der Waals surface area contributed by atoms with Crippen molar-refractivity contribution in [1.82, 2.24) is 10.6 Å². The normalized spacial score (nSPS) is 22.7. The zero-order valence-corrected chi connectivity index (χ0v) is 15.7. The number of nitrogens with zero attached hydrogens (tertiary/aromatic N) is 1. The van der Waals surface area contributed by atoms with Gasteiger partial charge in [0.1, 0.15) is 0 Å². The summed E-state index contributed by atoms with van der Waals surface area (Å²) in [7, 11) is 0. The van der Waals surface area contributed by atoms with E-state index in [4.69, 9.17) is 9.73 Å². The fourth-order valence-electron chi connectivity index (χ4n) is 4.09. The summed E-state index contributed by atoms with van der Waals surface area (Å²) in [5.41, 5.74) is -0.238. The Labute approximate surface area is 147 Å². The van der Waals surface area contributed by atoms with E-state index < -0.39 is 5.60 Å². The molecule has 2 rings (SSSR count). The maximum atomic E-state index is 10.5. The molecule has 0 aliphatic heterocycles. The van der Waals surface area contributed by atoms with Crippen molar-refractivity contribution < 1.29 is 9.84 Å². The molecule has 0 spiro atoms. The second-order valence-electron chi connectivity index (χ2n) is 7.63. The Morgan fingerprint density at radius 1 is 1.04 bits per heavy atom. The Kier molecular flexibility index (Phi) is 7.82. The summed E-state index contributed by atoms with van der Waals surface area (Å²) < 4.78 is 5.59. The van der Waals surface area contributed by atoms with E-state index in [0.29, 0.717) is 12.0 Å². The largest absolute Gasteiger partial charge is 0.388 e. The third kappa shape index (κ3) is 5.92. The van der Waals surface area contributed by atoms with Gasteiger partial charge in [-0.1, -0.05) is 25.7 Å². The van der Waals surface area contributed by atoms with Crippen LogP contribution in [0.4, 0.5) is 0 Å². The Bertz CT molecular complexity index is 386. The molecule has 24 heavy (non-hydrogen) atoms. The summed E-state index contributed by atoms with van der Waals surface area (Å²) in [6.07, 6.45) is 10.3. The van der Waals surface area contributed by atoms with Gasteiger partial charge in [-0.15, -0.1) is 0 Å². The van der Waals surface area contributed by atoms with Gasteiger partial charge in [-0.3, -0.25) is 4.99 Å². The molecule has 2 saturated carbocycles. The fourth-order valence-corrected chi connectivity index (χ4v) is 4.09. The van der Waals surface area contributed by atoms with Crippen molar-refractivity contribution in [1.29, 1.82) is 0 Å². The highest BCUT2D eigenvalue weighted by atomic mass is 16.5. The number of aliphatic imine (C=N–C) groups is 1. The van der Waals surface area contributed by atoms with Crippen LogP contribution in [0.25, 0.3) is 0 Å². The smallest absolute Gasteiger partial charge is 0.191 e. The highest BCUT2D eigenvalue weighted by Crippen LogP contribution is 2.41. The Morgan fingerprint density at radius 3 is 2.33 bits per heavy atom. The van der Waals surface area contributed by atoms with Gasteiger partial charge in [0.05, 0.1) is 5.60 Å². The van der Waals surface area contributed by atoms with E-state index in [1.54, 1.807) is 0 Å². The standard InChI is InChI=1S/C19H37N3O2/c1-3-20-17(22-16-19(23)11-7-8-12-19)21-15-18(9-5-6-10-18)13-14-24-4-2/h23H,3-16H2,1-2H3,(H2,20,21,22). The summed E-state index contributed by atoms with van der Waals surface area (Å²) in [6.45, 7) is 8.08. The molecule has 0 aromatic heterocycles. The average molecular weight is 340 g/mol. The van der Waals surface area contributed by atoms with E-state index >= 15 is 0 Å². The van der Waals surface area contributed by atoms with E-state index in [0.717, 1.165) is 64.4 Å². The van der Waals surface area contributed by atoms with E-state index in [-0.39, 0.29) is 0 Å². The lowest BCUT2D eigenvalue weighted by Gasteiger charge is -2.28. The van der Waals surface area contributed by atoms with Crippen molar-refractivity contribution in [2.75, 3.05) is 32.8 Å². The number of guanidine groups is 1. The van der Waals surface area contributed by atoms with Crippen LogP contribution in [0.5, 0.6) is 0 Å². The second kappa shape index (κ2) is 9.62. The SMILES string of the molecule is CCNC(=NCC1(CCOCC)CCCC1)NCC1(O)CCCC1. The number of hydrogen-bond donors (Lipinski definition) is 3. The van der Waals surface area contributed by atoms with E-state index in [9.17, 15) is 5.11 Å². The van der Waals surface area contributed by atoms with Crippen LogP contribution in [-0.4, -0.2) is 49.5 Å². The van der Waals surface area contributed by atoms with Crippen LogP contribution in [0.15, 0.2) is 4.99 Å². The number of nitrogens with one attached hydrogen (secondary N) is 2. The molecule has 0 heterocycles. The molecule has 0 atom stereocenters. The highest BCUT2D eigenvalue weighted by Gasteiger charge is 2.34. The lowest BCUT2D eigenvalue weighted by Crippen LogP contribution is -2.46. The van der Waals surface area contributed by atoms with Crippen molar-refractivity contribution in [3.05, 3.63) is 0 Å². The summed E-state index contributed by atoms with van der Waals surface area (Å²) in [5, 5.41) is 17.2. The highest BCUT2D eigenvalue weighted by molar-refractivity contribution is 5.79. The minimum Gasteiger partial charge on any atom is -0.388 e. The molecule has 0 saturated heterocycles. The number of aliphatic hydroxyl groups is 1. The topological polar surface area (TPSA) is 65.9 Å². The predicted molar refractivity (Wildman–Crippen MR) is 99.4 cm³/mol. The quantitative estimate of drug-likeness (QED) is 0.343. The molecule has 2 fully saturated rings. The maximum absolute atomic E-state index is 10.5. The van der Waals surface area contributed by atoms with Crippen molar-refractivity contribution in [2.45, 2.75) is 77.2 Å². The van der Waals surface area contributed by atoms with Crippen LogP contribution in [0.2, 0.25) is 0 Å². The molecule has 5 heteroatoms. The maximum Gasteiger partial charge on any atom is 0.191 e. The number of hydrogen-bond acceptors (Lipinski definition) is 3. The summed E-state index contributed by atoms with van der Waals surface area (Å²) in [6, 6.07) is 0. The third-order valence-corrected chi connectivity index (χ3v) is 5.68. The Balaban J connectivity index is 1.89. The summed E-state index contributed by atoms with van der Waals surface area (Å²) >= 11 is 0. The van der Waals surface area contributed by atoms with Gasteiger partial charge in [-0.05, 0) is 51.4 Å². The summed E-state index contributed by atoms with van der Waals surface area (Å²) in [5.74, 6) is 0.848. The molecule has 3 N–H and O–H groups in total. The van der Waals surface area contributed by atoms with Crippen LogP contribution < -0.4 is 10.6 Å². The van der Waals surface area contributed by atoms with Crippen molar-refractivity contribution in [3.8, 4) is 0 Å². The molecule has 2 aliphatic carbocycles. The molecule has 0 aromatic carbocycles. The van der Waals surface area contributed by atoms with Crippen LogP contribution in [-0.2, 0) is 4.74 Å². The van der Waals surface area contributed by atoms with Gasteiger partial charge in [-0.2, -0.15) is 0 Å². The van der Waals surface area contributed by atoms with Crippen LogP contribution >= 0.6 is 0 Å². The van der Waals surface area contributed by atoms with Crippen LogP contribution in [0.3, 0.4) is 0 Å². The molecular weight excluding hydrogens is 302 g/mol. The zero-order valence-electron chi connectivity index (χ0n) is 15.7. The molecule has 0 bridgehead atoms. The molecule has 0 unspecified atom stereocenters. The first-order valence-corrected chi connectivity index (χ1v) is 9.94. The van der Waals surface area contributed by atoms with E-state index in [2.05, 4.69) is 24.5 Å². The van der Waals surface area contributed by atoms with Gasteiger partial charge in [-0.25, -0.2) is 0 Å². The Morgan fingerprint density at radius 2 is 1.71 bits per heavy atom. The van der Waals surface area contributed by atoms with Gasteiger partial charge in [0, 0.05) is 32.8 Å². The van der Waals surface area contributed by atoms with E-state index in [1.165, 1.54) is 25.7 Å². The third-order valence-electron chi connectivity index (χ3n) is 5.68. The molecule has 0 aromatic rings. The predicted octanol–water partition coefficient (Wildman–Crippen LogP) is 2.83. The van der Waals surface area contributed by atoms with Crippen LogP contribution in [0, 0.1) is 5.41 Å².